The molecule has 3 rings (SSSR count). The molecule has 3 aromatic rings. The summed E-state index contributed by atoms with van der Waals surface area (Å²) in [6.07, 6.45) is -4.56. The van der Waals surface area contributed by atoms with Crippen LogP contribution in [0.1, 0.15) is 31.8 Å². The third-order valence-electron chi connectivity index (χ3n) is 4.76. The van der Waals surface area contributed by atoms with Gasteiger partial charge in [0.05, 0.1) is 5.56 Å². The highest BCUT2D eigenvalue weighted by atomic mass is 19.4. The highest BCUT2D eigenvalue weighted by Gasteiger charge is 2.30. The van der Waals surface area contributed by atoms with Crippen LogP contribution in [0.3, 0.4) is 0 Å². The first-order valence-corrected chi connectivity index (χ1v) is 9.75. The van der Waals surface area contributed by atoms with Gasteiger partial charge in [-0.05, 0) is 61.5 Å². The van der Waals surface area contributed by atoms with Crippen LogP contribution in [0, 0.1) is 12.7 Å². The molecule has 0 heterocycles. The Hall–Kier alpha value is -3.68. The van der Waals surface area contributed by atoms with E-state index < -0.39 is 23.5 Å². The second kappa shape index (κ2) is 9.64. The molecule has 0 aliphatic carbocycles. The van der Waals surface area contributed by atoms with Gasteiger partial charge < -0.3 is 10.2 Å². The van der Waals surface area contributed by atoms with Gasteiger partial charge in [-0.2, -0.15) is 13.2 Å². The van der Waals surface area contributed by atoms with Crippen LogP contribution < -0.4 is 10.2 Å². The first kappa shape index (κ1) is 23.0. The number of anilines is 1. The zero-order chi connectivity index (χ0) is 23.3. The maximum absolute atomic E-state index is 13.3. The minimum atomic E-state index is -4.56. The first-order valence-electron chi connectivity index (χ1n) is 9.75. The van der Waals surface area contributed by atoms with Crippen LogP contribution in [0.2, 0.25) is 0 Å². The van der Waals surface area contributed by atoms with E-state index in [2.05, 4.69) is 5.32 Å². The quantitative estimate of drug-likeness (QED) is 0.530. The number of nitrogens with zero attached hydrogens (tertiary/aromatic N) is 1. The van der Waals surface area contributed by atoms with Crippen LogP contribution in [-0.2, 0) is 6.18 Å². The van der Waals surface area contributed by atoms with Crippen molar-refractivity contribution in [2.45, 2.75) is 13.1 Å². The van der Waals surface area contributed by atoms with E-state index in [-0.39, 0.29) is 24.6 Å². The van der Waals surface area contributed by atoms with Gasteiger partial charge in [0.2, 0.25) is 0 Å². The molecule has 0 aliphatic heterocycles. The Labute approximate surface area is 182 Å². The summed E-state index contributed by atoms with van der Waals surface area (Å²) in [7, 11) is 0. The van der Waals surface area contributed by atoms with Crippen molar-refractivity contribution in [1.29, 1.82) is 0 Å². The summed E-state index contributed by atoms with van der Waals surface area (Å²) in [5.41, 5.74) is 0.739. The molecule has 0 bridgehead atoms. The number of alkyl halides is 3. The van der Waals surface area contributed by atoms with Crippen molar-refractivity contribution in [3.63, 3.8) is 0 Å². The fraction of sp³-hybridized carbons (Fsp3) is 0.167. The molecule has 1 N–H and O–H groups in total. The molecular weight excluding hydrogens is 424 g/mol. The summed E-state index contributed by atoms with van der Waals surface area (Å²) in [6.45, 7) is 1.89. The van der Waals surface area contributed by atoms with Crippen molar-refractivity contribution in [2.75, 3.05) is 18.0 Å². The van der Waals surface area contributed by atoms with Crippen LogP contribution >= 0.6 is 0 Å². The van der Waals surface area contributed by atoms with E-state index >= 15 is 0 Å². The molecule has 3 aromatic carbocycles. The third-order valence-corrected chi connectivity index (χ3v) is 4.76. The van der Waals surface area contributed by atoms with E-state index in [1.807, 2.05) is 6.92 Å². The second-order valence-electron chi connectivity index (χ2n) is 7.13. The predicted molar refractivity (Wildman–Crippen MR) is 113 cm³/mol. The Bertz CT molecular complexity index is 1090. The second-order valence-corrected chi connectivity index (χ2v) is 7.13. The molecule has 32 heavy (non-hydrogen) atoms. The first-order chi connectivity index (χ1) is 15.1. The Balaban J connectivity index is 1.74. The van der Waals surface area contributed by atoms with Crippen LogP contribution in [0.5, 0.6) is 0 Å². The molecule has 8 heteroatoms. The fourth-order valence-electron chi connectivity index (χ4n) is 3.04. The number of carbonyl (C=O) groups excluding carboxylic acids is 2. The van der Waals surface area contributed by atoms with Crippen LogP contribution in [0.15, 0.2) is 72.8 Å². The molecule has 0 radical (unpaired) electrons. The lowest BCUT2D eigenvalue weighted by Gasteiger charge is -2.23. The average Bonchev–Trinajstić information content (AvgIpc) is 2.77. The molecule has 0 aromatic heterocycles. The van der Waals surface area contributed by atoms with E-state index in [0.29, 0.717) is 11.3 Å². The van der Waals surface area contributed by atoms with Gasteiger partial charge in [-0.1, -0.05) is 23.8 Å². The molecule has 2 amide bonds. The Morgan fingerprint density at radius 2 is 1.56 bits per heavy atom. The van der Waals surface area contributed by atoms with Crippen molar-refractivity contribution < 1.29 is 27.2 Å². The summed E-state index contributed by atoms with van der Waals surface area (Å²) in [6, 6.07) is 16.3. The van der Waals surface area contributed by atoms with Gasteiger partial charge in [-0.15, -0.1) is 0 Å². The number of amides is 2. The van der Waals surface area contributed by atoms with E-state index in [0.717, 1.165) is 23.8 Å². The Morgan fingerprint density at radius 3 is 2.19 bits per heavy atom. The van der Waals surface area contributed by atoms with E-state index in [9.17, 15) is 27.2 Å². The summed E-state index contributed by atoms with van der Waals surface area (Å²) < 4.78 is 52.0. The van der Waals surface area contributed by atoms with E-state index in [4.69, 9.17) is 0 Å². The SMILES string of the molecule is Cc1ccc(C(=O)N(CCNC(=O)c2cccc(C(F)(F)F)c2)c2ccc(F)cc2)cc1. The number of nitrogens with one attached hydrogen (secondary N) is 1. The largest absolute Gasteiger partial charge is 0.416 e. The topological polar surface area (TPSA) is 49.4 Å². The van der Waals surface area contributed by atoms with Crippen molar-refractivity contribution in [2.24, 2.45) is 0 Å². The molecule has 0 unspecified atom stereocenters. The Kier molecular flexibility index (Phi) is 6.92. The molecule has 0 saturated heterocycles. The molecule has 0 fully saturated rings. The highest BCUT2D eigenvalue weighted by molar-refractivity contribution is 6.06. The zero-order valence-corrected chi connectivity index (χ0v) is 17.1. The van der Waals surface area contributed by atoms with Gasteiger partial charge in [-0.25, -0.2) is 4.39 Å². The molecule has 166 valence electrons. The van der Waals surface area contributed by atoms with Crippen LogP contribution in [0.25, 0.3) is 0 Å². The third kappa shape index (κ3) is 5.72. The fourth-order valence-corrected chi connectivity index (χ4v) is 3.04. The van der Waals surface area contributed by atoms with Gasteiger partial charge >= 0.3 is 6.18 Å². The van der Waals surface area contributed by atoms with Gasteiger partial charge in [0.15, 0.2) is 0 Å². The normalized spacial score (nSPS) is 11.2. The molecule has 4 nitrogen and oxygen atoms in total. The summed E-state index contributed by atoms with van der Waals surface area (Å²) >= 11 is 0. The van der Waals surface area contributed by atoms with Crippen molar-refractivity contribution in [1.82, 2.24) is 5.32 Å². The molecule has 0 atom stereocenters. The summed E-state index contributed by atoms with van der Waals surface area (Å²) in [5, 5.41) is 2.53. The predicted octanol–water partition coefficient (Wildman–Crippen LogP) is 5.23. The van der Waals surface area contributed by atoms with E-state index in [1.54, 1.807) is 24.3 Å². The zero-order valence-electron chi connectivity index (χ0n) is 17.1. The summed E-state index contributed by atoms with van der Waals surface area (Å²) in [5.74, 6) is -1.52. The van der Waals surface area contributed by atoms with Crippen molar-refractivity contribution >= 4 is 17.5 Å². The summed E-state index contributed by atoms with van der Waals surface area (Å²) in [4.78, 5) is 26.7. The number of carbonyl (C=O) groups is 2. The van der Waals surface area contributed by atoms with E-state index in [1.165, 1.54) is 35.2 Å². The maximum Gasteiger partial charge on any atom is 0.416 e. The maximum atomic E-state index is 13.3. The smallest absolute Gasteiger partial charge is 0.350 e. The van der Waals surface area contributed by atoms with Crippen molar-refractivity contribution in [3.05, 3.63) is 101 Å². The number of halogens is 4. The minimum absolute atomic E-state index is 0.0238. The number of rotatable bonds is 6. The minimum Gasteiger partial charge on any atom is -0.350 e. The monoisotopic (exact) mass is 444 g/mol. The molecule has 0 aliphatic rings. The standard InChI is InChI=1S/C24H20F4N2O2/c1-16-5-7-17(8-6-16)23(32)30(21-11-9-20(25)10-12-21)14-13-29-22(31)18-3-2-4-19(15-18)24(26,27)28/h2-12,15H,13-14H2,1H3,(H,29,31). The number of benzene rings is 3. The van der Waals surface area contributed by atoms with Gasteiger partial charge in [0, 0.05) is 29.9 Å². The lowest BCUT2D eigenvalue weighted by Crippen LogP contribution is -2.38. The number of hydrogen-bond donors (Lipinski definition) is 1. The highest BCUT2D eigenvalue weighted by Crippen LogP contribution is 2.29. The van der Waals surface area contributed by atoms with Gasteiger partial charge in [-0.3, -0.25) is 9.59 Å². The molecular formula is C24H20F4N2O2. The van der Waals surface area contributed by atoms with Crippen LogP contribution in [0.4, 0.5) is 23.2 Å². The number of aryl methyl sites for hydroxylation is 1. The lowest BCUT2D eigenvalue weighted by atomic mass is 10.1. The van der Waals surface area contributed by atoms with Gasteiger partial charge in [0.1, 0.15) is 5.82 Å². The number of hydrogen-bond acceptors (Lipinski definition) is 2. The molecule has 0 spiro atoms. The van der Waals surface area contributed by atoms with Crippen molar-refractivity contribution in [3.8, 4) is 0 Å². The molecule has 0 saturated carbocycles. The average molecular weight is 444 g/mol. The Morgan fingerprint density at radius 1 is 0.906 bits per heavy atom. The van der Waals surface area contributed by atoms with Gasteiger partial charge in [0.25, 0.3) is 11.8 Å². The van der Waals surface area contributed by atoms with Crippen LogP contribution in [-0.4, -0.2) is 24.9 Å². The lowest BCUT2D eigenvalue weighted by molar-refractivity contribution is -0.137.